The van der Waals surface area contributed by atoms with Gasteiger partial charge in [-0.25, -0.2) is 9.97 Å². The van der Waals surface area contributed by atoms with Gasteiger partial charge < -0.3 is 14.7 Å². The zero-order chi connectivity index (χ0) is 19.0. The van der Waals surface area contributed by atoms with Crippen LogP contribution in [0.5, 0.6) is 5.75 Å². The molecule has 1 N–H and O–H groups in total. The molecule has 0 bridgehead atoms. The van der Waals surface area contributed by atoms with E-state index in [1.807, 2.05) is 32.0 Å². The number of hydrogen-bond acceptors (Lipinski definition) is 6. The molecular weight excluding hydrogens is 340 g/mol. The van der Waals surface area contributed by atoms with Gasteiger partial charge in [-0.1, -0.05) is 6.07 Å². The Morgan fingerprint density at radius 2 is 1.81 bits per heavy atom. The third kappa shape index (κ3) is 4.06. The Morgan fingerprint density at radius 1 is 1.11 bits per heavy atom. The molecule has 144 valence electrons. The number of piperazine rings is 1. The van der Waals surface area contributed by atoms with Gasteiger partial charge in [0.05, 0.1) is 6.10 Å². The summed E-state index contributed by atoms with van der Waals surface area (Å²) in [6.45, 7) is 10.3. The van der Waals surface area contributed by atoms with E-state index >= 15 is 0 Å². The van der Waals surface area contributed by atoms with Gasteiger partial charge in [-0.05, 0) is 50.1 Å². The van der Waals surface area contributed by atoms with E-state index in [4.69, 9.17) is 4.74 Å². The van der Waals surface area contributed by atoms with Crippen molar-refractivity contribution in [1.82, 2.24) is 14.9 Å². The molecule has 0 spiro atoms. The van der Waals surface area contributed by atoms with Gasteiger partial charge in [0.25, 0.3) is 0 Å². The number of aliphatic hydroxyl groups is 1. The summed E-state index contributed by atoms with van der Waals surface area (Å²) in [5.74, 6) is 1.78. The summed E-state index contributed by atoms with van der Waals surface area (Å²) in [5, 5.41) is 10.7. The molecule has 0 aliphatic carbocycles. The van der Waals surface area contributed by atoms with Gasteiger partial charge in [0.2, 0.25) is 5.95 Å². The maximum Gasteiger partial charge on any atom is 0.225 e. The average molecular weight is 368 g/mol. The predicted molar refractivity (Wildman–Crippen MR) is 105 cm³/mol. The average Bonchev–Trinajstić information content (AvgIpc) is 3.00. The van der Waals surface area contributed by atoms with Crippen molar-refractivity contribution in [1.29, 1.82) is 0 Å². The fraction of sp³-hybridized carbons (Fsp3) is 0.524. The number of benzene rings is 1. The smallest absolute Gasteiger partial charge is 0.225 e. The molecule has 1 fully saturated rings. The van der Waals surface area contributed by atoms with Crippen LogP contribution in [0, 0.1) is 13.8 Å². The molecule has 1 aromatic carbocycles. The Balaban J connectivity index is 1.34. The highest BCUT2D eigenvalue weighted by atomic mass is 16.5. The number of aryl methyl sites for hydroxylation is 2. The molecule has 0 unspecified atom stereocenters. The Hall–Kier alpha value is -2.18. The van der Waals surface area contributed by atoms with Gasteiger partial charge in [0, 0.05) is 50.5 Å². The lowest BCUT2D eigenvalue weighted by molar-refractivity contribution is 0.109. The summed E-state index contributed by atoms with van der Waals surface area (Å²) in [5.41, 5.74) is 4.19. The van der Waals surface area contributed by atoms with Crippen LogP contribution in [0.2, 0.25) is 0 Å². The fourth-order valence-electron chi connectivity index (χ4n) is 3.98. The second-order valence-electron chi connectivity index (χ2n) is 7.75. The third-order valence-corrected chi connectivity index (χ3v) is 5.36. The molecule has 3 heterocycles. The molecule has 1 aromatic heterocycles. The number of rotatable bonds is 4. The number of β-amino-alcohol motifs (C(OH)–C–C–N with tert-alkyl or cyclic N) is 1. The Bertz CT molecular complexity index is 798. The summed E-state index contributed by atoms with van der Waals surface area (Å²) in [4.78, 5) is 13.7. The van der Waals surface area contributed by atoms with Crippen molar-refractivity contribution < 1.29 is 9.84 Å². The zero-order valence-corrected chi connectivity index (χ0v) is 16.4. The van der Waals surface area contributed by atoms with Crippen LogP contribution in [-0.4, -0.2) is 58.8 Å². The van der Waals surface area contributed by atoms with E-state index in [0.29, 0.717) is 6.54 Å². The lowest BCUT2D eigenvalue weighted by Crippen LogP contribution is -2.48. The Kier molecular flexibility index (Phi) is 5.02. The molecule has 27 heavy (non-hydrogen) atoms. The van der Waals surface area contributed by atoms with Crippen molar-refractivity contribution in [2.45, 2.75) is 39.4 Å². The predicted octanol–water partition coefficient (Wildman–Crippen LogP) is 2.27. The van der Waals surface area contributed by atoms with E-state index in [1.165, 1.54) is 5.56 Å². The van der Waals surface area contributed by atoms with Crippen LogP contribution in [0.15, 0.2) is 24.3 Å². The standard InChI is InChI=1S/C21H28N4O2/c1-14-10-15(2)23-21(22-14)25-8-6-24(7-9-25)13-19(26)17-4-5-20-18(12-17)11-16(3)27-20/h4-5,10,12,16,19,26H,6-9,11,13H2,1-3H3/t16-,19+/m1/s1. The number of anilines is 1. The summed E-state index contributed by atoms with van der Waals surface area (Å²) < 4.78 is 5.75. The largest absolute Gasteiger partial charge is 0.490 e. The van der Waals surface area contributed by atoms with Gasteiger partial charge >= 0.3 is 0 Å². The molecule has 2 aromatic rings. The van der Waals surface area contributed by atoms with E-state index in [-0.39, 0.29) is 6.10 Å². The van der Waals surface area contributed by atoms with Crippen LogP contribution in [0.4, 0.5) is 5.95 Å². The Morgan fingerprint density at radius 3 is 2.52 bits per heavy atom. The van der Waals surface area contributed by atoms with Crippen molar-refractivity contribution in [2.75, 3.05) is 37.6 Å². The Labute approximate surface area is 160 Å². The molecular formula is C21H28N4O2. The van der Waals surface area contributed by atoms with Gasteiger partial charge in [-0.2, -0.15) is 0 Å². The van der Waals surface area contributed by atoms with E-state index in [9.17, 15) is 5.11 Å². The number of aromatic nitrogens is 2. The zero-order valence-electron chi connectivity index (χ0n) is 16.4. The first-order chi connectivity index (χ1) is 13.0. The van der Waals surface area contributed by atoms with Crippen molar-refractivity contribution in [3.8, 4) is 5.75 Å². The maximum atomic E-state index is 10.7. The lowest BCUT2D eigenvalue weighted by Gasteiger charge is -2.35. The molecule has 2 aliphatic heterocycles. The number of aliphatic hydroxyl groups excluding tert-OH is 1. The van der Waals surface area contributed by atoms with Crippen molar-refractivity contribution in [3.63, 3.8) is 0 Å². The highest BCUT2D eigenvalue weighted by Crippen LogP contribution is 2.31. The van der Waals surface area contributed by atoms with E-state index in [0.717, 1.165) is 61.2 Å². The highest BCUT2D eigenvalue weighted by Gasteiger charge is 2.24. The summed E-state index contributed by atoms with van der Waals surface area (Å²) >= 11 is 0. The molecule has 6 nitrogen and oxygen atoms in total. The van der Waals surface area contributed by atoms with Gasteiger partial charge in [-0.15, -0.1) is 0 Å². The van der Waals surface area contributed by atoms with Crippen molar-refractivity contribution >= 4 is 5.95 Å². The minimum Gasteiger partial charge on any atom is -0.490 e. The SMILES string of the molecule is Cc1cc(C)nc(N2CCN(C[C@H](O)c3ccc4c(c3)C[C@@H](C)O4)CC2)n1. The van der Waals surface area contributed by atoms with Gasteiger partial charge in [-0.3, -0.25) is 4.90 Å². The molecule has 2 atom stereocenters. The second kappa shape index (κ2) is 7.44. The van der Waals surface area contributed by atoms with Crippen molar-refractivity contribution in [3.05, 3.63) is 46.8 Å². The monoisotopic (exact) mass is 368 g/mol. The number of hydrogen-bond donors (Lipinski definition) is 1. The molecule has 0 amide bonds. The topological polar surface area (TPSA) is 61.7 Å². The summed E-state index contributed by atoms with van der Waals surface area (Å²) in [6, 6.07) is 8.08. The summed E-state index contributed by atoms with van der Waals surface area (Å²) in [7, 11) is 0. The lowest BCUT2D eigenvalue weighted by atomic mass is 10.0. The molecule has 1 saturated heterocycles. The van der Waals surface area contributed by atoms with Gasteiger partial charge in [0.15, 0.2) is 0 Å². The minimum absolute atomic E-state index is 0.230. The fourth-order valence-corrected chi connectivity index (χ4v) is 3.98. The quantitative estimate of drug-likeness (QED) is 0.893. The molecule has 6 heteroatoms. The van der Waals surface area contributed by atoms with Crippen LogP contribution < -0.4 is 9.64 Å². The number of nitrogens with zero attached hydrogens (tertiary/aromatic N) is 4. The molecule has 4 rings (SSSR count). The normalized spacial score (nSPS) is 21.0. The van der Waals surface area contributed by atoms with E-state index < -0.39 is 6.10 Å². The van der Waals surface area contributed by atoms with Crippen LogP contribution in [-0.2, 0) is 6.42 Å². The molecule has 0 radical (unpaired) electrons. The van der Waals surface area contributed by atoms with Crippen molar-refractivity contribution in [2.24, 2.45) is 0 Å². The van der Waals surface area contributed by atoms with Crippen LogP contribution in [0.25, 0.3) is 0 Å². The van der Waals surface area contributed by atoms with Crippen LogP contribution in [0.1, 0.15) is 35.5 Å². The third-order valence-electron chi connectivity index (χ3n) is 5.36. The van der Waals surface area contributed by atoms with E-state index in [1.54, 1.807) is 0 Å². The van der Waals surface area contributed by atoms with Crippen LogP contribution in [0.3, 0.4) is 0 Å². The first-order valence-corrected chi connectivity index (χ1v) is 9.75. The van der Waals surface area contributed by atoms with E-state index in [2.05, 4.69) is 32.8 Å². The molecule has 2 aliphatic rings. The van der Waals surface area contributed by atoms with Crippen LogP contribution >= 0.6 is 0 Å². The minimum atomic E-state index is -0.477. The molecule has 0 saturated carbocycles. The van der Waals surface area contributed by atoms with Gasteiger partial charge in [0.1, 0.15) is 11.9 Å². The first-order valence-electron chi connectivity index (χ1n) is 9.75. The first kappa shape index (κ1) is 18.2. The number of ether oxygens (including phenoxy) is 1. The summed E-state index contributed by atoms with van der Waals surface area (Å²) in [6.07, 6.45) is 0.674. The second-order valence-corrected chi connectivity index (χ2v) is 7.75. The maximum absolute atomic E-state index is 10.7. The number of fused-ring (bicyclic) bond motifs is 1. The highest BCUT2D eigenvalue weighted by molar-refractivity contribution is 5.41.